The van der Waals surface area contributed by atoms with Crippen LogP contribution < -0.4 is 0 Å². The van der Waals surface area contributed by atoms with Crippen LogP contribution in [0.15, 0.2) is 23.8 Å². The smallest absolute Gasteiger partial charge is 0.0483 e. The van der Waals surface area contributed by atoms with Crippen molar-refractivity contribution in [1.82, 2.24) is 4.57 Å². The van der Waals surface area contributed by atoms with E-state index in [2.05, 4.69) is 29.1 Å². The van der Waals surface area contributed by atoms with E-state index < -0.39 is 0 Å². The maximum absolute atomic E-state index is 3.72. The highest BCUT2D eigenvalue weighted by Gasteiger charge is 2.04. The molecule has 0 spiro atoms. The van der Waals surface area contributed by atoms with E-state index in [9.17, 15) is 0 Å². The molecule has 0 fully saturated rings. The van der Waals surface area contributed by atoms with Gasteiger partial charge in [0.1, 0.15) is 0 Å². The van der Waals surface area contributed by atoms with Crippen LogP contribution in [0.5, 0.6) is 0 Å². The molecule has 0 saturated heterocycles. The van der Waals surface area contributed by atoms with Gasteiger partial charge in [-0.1, -0.05) is 19.2 Å². The van der Waals surface area contributed by atoms with E-state index in [4.69, 9.17) is 0 Å². The minimum Gasteiger partial charge on any atom is -0.349 e. The van der Waals surface area contributed by atoms with Gasteiger partial charge >= 0.3 is 0 Å². The lowest BCUT2D eigenvalue weighted by Gasteiger charge is -1.96. The summed E-state index contributed by atoms with van der Waals surface area (Å²) in [5.74, 6) is 0. The summed E-state index contributed by atoms with van der Waals surface area (Å²) < 4.78 is 3.07. The summed E-state index contributed by atoms with van der Waals surface area (Å²) in [6.45, 7) is 7.45. The SMILES string of the molecule is C=Cc1c(Br)cn(C)c1C=C. The topological polar surface area (TPSA) is 4.93 Å². The summed E-state index contributed by atoms with van der Waals surface area (Å²) in [4.78, 5) is 0. The third kappa shape index (κ3) is 1.31. The highest BCUT2D eigenvalue weighted by molar-refractivity contribution is 9.10. The van der Waals surface area contributed by atoms with Gasteiger partial charge in [-0.25, -0.2) is 0 Å². The molecule has 1 heterocycles. The molecular formula is C9H10BrN. The fourth-order valence-electron chi connectivity index (χ4n) is 1.08. The van der Waals surface area contributed by atoms with Crippen molar-refractivity contribution in [3.8, 4) is 0 Å². The van der Waals surface area contributed by atoms with E-state index in [0.717, 1.165) is 15.7 Å². The van der Waals surface area contributed by atoms with Crippen LogP contribution in [0.4, 0.5) is 0 Å². The highest BCUT2D eigenvalue weighted by atomic mass is 79.9. The normalized spacial score (nSPS) is 9.64. The van der Waals surface area contributed by atoms with Crippen LogP contribution in [0.3, 0.4) is 0 Å². The van der Waals surface area contributed by atoms with Crippen LogP contribution >= 0.6 is 15.9 Å². The van der Waals surface area contributed by atoms with Gasteiger partial charge in [0.05, 0.1) is 0 Å². The molecule has 1 aromatic rings. The molecule has 2 heteroatoms. The highest BCUT2D eigenvalue weighted by Crippen LogP contribution is 2.23. The first-order valence-electron chi connectivity index (χ1n) is 3.30. The summed E-state index contributed by atoms with van der Waals surface area (Å²) in [5, 5.41) is 0. The monoisotopic (exact) mass is 211 g/mol. The van der Waals surface area contributed by atoms with E-state index in [0.29, 0.717) is 0 Å². The minimum absolute atomic E-state index is 1.06. The van der Waals surface area contributed by atoms with Crippen molar-refractivity contribution in [3.63, 3.8) is 0 Å². The van der Waals surface area contributed by atoms with Crippen molar-refractivity contribution in [2.45, 2.75) is 0 Å². The van der Waals surface area contributed by atoms with Crippen LogP contribution in [0.2, 0.25) is 0 Å². The molecule has 0 unspecified atom stereocenters. The Hall–Kier alpha value is -0.760. The summed E-state index contributed by atoms with van der Waals surface area (Å²) in [6, 6.07) is 0. The summed E-state index contributed by atoms with van der Waals surface area (Å²) in [7, 11) is 1.98. The molecule has 0 amide bonds. The quantitative estimate of drug-likeness (QED) is 0.709. The average Bonchev–Trinajstić information content (AvgIpc) is 2.24. The molecule has 0 atom stereocenters. The van der Waals surface area contributed by atoms with Crippen molar-refractivity contribution in [1.29, 1.82) is 0 Å². The van der Waals surface area contributed by atoms with Gasteiger partial charge in [-0.2, -0.15) is 0 Å². The largest absolute Gasteiger partial charge is 0.349 e. The van der Waals surface area contributed by atoms with Crippen LogP contribution in [-0.4, -0.2) is 4.57 Å². The molecule has 0 aromatic carbocycles. The number of aryl methyl sites for hydroxylation is 1. The second-order valence-electron chi connectivity index (χ2n) is 2.30. The van der Waals surface area contributed by atoms with Gasteiger partial charge in [-0.3, -0.25) is 0 Å². The fourth-order valence-corrected chi connectivity index (χ4v) is 1.75. The molecule has 0 aliphatic heterocycles. The van der Waals surface area contributed by atoms with E-state index in [1.165, 1.54) is 0 Å². The first-order chi connectivity index (χ1) is 5.20. The Morgan fingerprint density at radius 3 is 2.45 bits per heavy atom. The Bertz CT molecular complexity index is 268. The molecular weight excluding hydrogens is 202 g/mol. The standard InChI is InChI=1S/C9H10BrN/c1-4-7-8(10)6-11(3)9(7)5-2/h4-6H,1-2H2,3H3. The van der Waals surface area contributed by atoms with Gasteiger partial charge in [0.2, 0.25) is 0 Å². The molecule has 0 radical (unpaired) electrons. The summed E-state index contributed by atoms with van der Waals surface area (Å²) in [6.07, 6.45) is 5.64. The van der Waals surface area contributed by atoms with Crippen LogP contribution in [-0.2, 0) is 7.05 Å². The summed E-state index contributed by atoms with van der Waals surface area (Å²) in [5.41, 5.74) is 2.19. The lowest BCUT2D eigenvalue weighted by atomic mass is 10.2. The fraction of sp³-hybridized carbons (Fsp3) is 0.111. The zero-order valence-electron chi connectivity index (χ0n) is 6.47. The van der Waals surface area contributed by atoms with E-state index in [-0.39, 0.29) is 0 Å². The van der Waals surface area contributed by atoms with Gasteiger partial charge in [-0.05, 0) is 22.0 Å². The molecule has 1 nitrogen and oxygen atoms in total. The maximum atomic E-state index is 3.72. The Morgan fingerprint density at radius 2 is 2.09 bits per heavy atom. The lowest BCUT2D eigenvalue weighted by molar-refractivity contribution is 0.913. The van der Waals surface area contributed by atoms with Crippen LogP contribution in [0.1, 0.15) is 11.3 Å². The molecule has 58 valence electrons. The average molecular weight is 212 g/mol. The van der Waals surface area contributed by atoms with Crippen molar-refractivity contribution in [2.75, 3.05) is 0 Å². The minimum atomic E-state index is 1.06. The van der Waals surface area contributed by atoms with Crippen LogP contribution in [0, 0.1) is 0 Å². The van der Waals surface area contributed by atoms with E-state index >= 15 is 0 Å². The Kier molecular flexibility index (Phi) is 2.35. The molecule has 1 rings (SSSR count). The van der Waals surface area contributed by atoms with E-state index in [1.807, 2.05) is 30.0 Å². The first kappa shape index (κ1) is 8.34. The van der Waals surface area contributed by atoms with Gasteiger partial charge in [0, 0.05) is 29.0 Å². The predicted octanol–water partition coefficient (Wildman–Crippen LogP) is 3.07. The third-order valence-electron chi connectivity index (χ3n) is 1.62. The molecule has 0 bridgehead atoms. The molecule has 0 aliphatic rings. The number of halogens is 1. The first-order valence-corrected chi connectivity index (χ1v) is 4.09. The Labute approximate surface area is 75.2 Å². The molecule has 0 aliphatic carbocycles. The predicted molar refractivity (Wildman–Crippen MR) is 53.3 cm³/mol. The second-order valence-corrected chi connectivity index (χ2v) is 3.15. The van der Waals surface area contributed by atoms with Gasteiger partial charge in [-0.15, -0.1) is 0 Å². The van der Waals surface area contributed by atoms with E-state index in [1.54, 1.807) is 0 Å². The van der Waals surface area contributed by atoms with Crippen molar-refractivity contribution < 1.29 is 0 Å². The zero-order valence-corrected chi connectivity index (χ0v) is 8.06. The zero-order chi connectivity index (χ0) is 8.43. The maximum Gasteiger partial charge on any atom is 0.0483 e. The molecule has 1 aromatic heterocycles. The van der Waals surface area contributed by atoms with Crippen molar-refractivity contribution >= 4 is 28.1 Å². The number of nitrogens with zero attached hydrogens (tertiary/aromatic N) is 1. The molecule has 0 saturated carbocycles. The Morgan fingerprint density at radius 1 is 1.45 bits per heavy atom. The van der Waals surface area contributed by atoms with Gasteiger partial charge < -0.3 is 4.57 Å². The third-order valence-corrected chi connectivity index (χ3v) is 2.25. The van der Waals surface area contributed by atoms with Crippen LogP contribution in [0.25, 0.3) is 12.2 Å². The number of rotatable bonds is 2. The molecule has 0 N–H and O–H groups in total. The number of hydrogen-bond donors (Lipinski definition) is 0. The molecule has 11 heavy (non-hydrogen) atoms. The summed E-state index contributed by atoms with van der Waals surface area (Å²) >= 11 is 3.43. The number of aromatic nitrogens is 1. The Balaban J connectivity index is 3.39. The van der Waals surface area contributed by atoms with Gasteiger partial charge in [0.25, 0.3) is 0 Å². The number of hydrogen-bond acceptors (Lipinski definition) is 0. The van der Waals surface area contributed by atoms with Crippen molar-refractivity contribution in [3.05, 3.63) is 35.1 Å². The van der Waals surface area contributed by atoms with Crippen molar-refractivity contribution in [2.24, 2.45) is 7.05 Å². The lowest BCUT2D eigenvalue weighted by Crippen LogP contribution is -1.87. The van der Waals surface area contributed by atoms with Gasteiger partial charge in [0.15, 0.2) is 0 Å². The second kappa shape index (κ2) is 3.09.